The molecule has 2 heteroatoms. The van der Waals surface area contributed by atoms with Crippen LogP contribution >= 0.6 is 0 Å². The molecule has 0 saturated carbocycles. The monoisotopic (exact) mass is 194 g/mol. The van der Waals surface area contributed by atoms with Gasteiger partial charge < -0.3 is 9.47 Å². The minimum absolute atomic E-state index is 0.615. The SMILES string of the molecule is CCCc1ccc(OCCOC)cc1. The van der Waals surface area contributed by atoms with E-state index in [0.29, 0.717) is 13.2 Å². The molecular formula is C12H18O2. The molecule has 0 bridgehead atoms. The summed E-state index contributed by atoms with van der Waals surface area (Å²) in [5.74, 6) is 0.918. The lowest BCUT2D eigenvalue weighted by molar-refractivity contribution is 0.146. The molecule has 14 heavy (non-hydrogen) atoms. The van der Waals surface area contributed by atoms with Gasteiger partial charge in [-0.05, 0) is 24.1 Å². The van der Waals surface area contributed by atoms with Crippen molar-refractivity contribution in [2.24, 2.45) is 0 Å². The highest BCUT2D eigenvalue weighted by atomic mass is 16.5. The maximum absolute atomic E-state index is 5.45. The van der Waals surface area contributed by atoms with Crippen LogP contribution in [-0.4, -0.2) is 20.3 Å². The first-order valence-electron chi connectivity index (χ1n) is 5.07. The molecule has 0 fully saturated rings. The predicted octanol–water partition coefficient (Wildman–Crippen LogP) is 2.66. The first-order chi connectivity index (χ1) is 6.86. The van der Waals surface area contributed by atoms with Crippen LogP contribution in [0.25, 0.3) is 0 Å². The molecule has 0 saturated heterocycles. The molecule has 0 radical (unpaired) electrons. The Morgan fingerprint density at radius 1 is 1.07 bits per heavy atom. The summed E-state index contributed by atoms with van der Waals surface area (Å²) in [4.78, 5) is 0. The fourth-order valence-corrected chi connectivity index (χ4v) is 1.28. The maximum atomic E-state index is 5.45. The van der Waals surface area contributed by atoms with E-state index in [2.05, 4.69) is 19.1 Å². The summed E-state index contributed by atoms with van der Waals surface area (Å²) in [6.45, 7) is 3.43. The van der Waals surface area contributed by atoms with Crippen LogP contribution in [0.15, 0.2) is 24.3 Å². The van der Waals surface area contributed by atoms with Crippen molar-refractivity contribution < 1.29 is 9.47 Å². The van der Waals surface area contributed by atoms with E-state index in [4.69, 9.17) is 9.47 Å². The predicted molar refractivity (Wildman–Crippen MR) is 57.8 cm³/mol. The summed E-state index contributed by atoms with van der Waals surface area (Å²) in [5.41, 5.74) is 1.37. The molecule has 0 aliphatic carbocycles. The molecule has 1 rings (SSSR count). The van der Waals surface area contributed by atoms with Crippen molar-refractivity contribution in [3.8, 4) is 5.75 Å². The van der Waals surface area contributed by atoms with Gasteiger partial charge in [0, 0.05) is 7.11 Å². The minimum Gasteiger partial charge on any atom is -0.491 e. The van der Waals surface area contributed by atoms with Gasteiger partial charge in [-0.15, -0.1) is 0 Å². The first kappa shape index (κ1) is 11.1. The summed E-state index contributed by atoms with van der Waals surface area (Å²) in [7, 11) is 1.67. The van der Waals surface area contributed by atoms with Gasteiger partial charge in [0.1, 0.15) is 12.4 Å². The Balaban J connectivity index is 2.38. The van der Waals surface area contributed by atoms with E-state index in [0.717, 1.165) is 12.2 Å². The van der Waals surface area contributed by atoms with E-state index in [1.165, 1.54) is 12.0 Å². The lowest BCUT2D eigenvalue weighted by Gasteiger charge is -2.05. The molecule has 0 aromatic heterocycles. The van der Waals surface area contributed by atoms with Crippen molar-refractivity contribution in [3.63, 3.8) is 0 Å². The smallest absolute Gasteiger partial charge is 0.119 e. The summed E-state index contributed by atoms with van der Waals surface area (Å²) >= 11 is 0. The van der Waals surface area contributed by atoms with Gasteiger partial charge in [0.2, 0.25) is 0 Å². The molecule has 1 aromatic rings. The van der Waals surface area contributed by atoms with Crippen LogP contribution < -0.4 is 4.74 Å². The molecule has 0 aliphatic heterocycles. The molecule has 0 atom stereocenters. The zero-order chi connectivity index (χ0) is 10.2. The van der Waals surface area contributed by atoms with Crippen LogP contribution in [-0.2, 0) is 11.2 Å². The third-order valence-electron chi connectivity index (χ3n) is 2.02. The topological polar surface area (TPSA) is 18.5 Å². The van der Waals surface area contributed by atoms with E-state index in [9.17, 15) is 0 Å². The summed E-state index contributed by atoms with van der Waals surface area (Å²) < 4.78 is 10.4. The zero-order valence-corrected chi connectivity index (χ0v) is 8.95. The maximum Gasteiger partial charge on any atom is 0.119 e. The van der Waals surface area contributed by atoms with Crippen LogP contribution in [0.1, 0.15) is 18.9 Å². The van der Waals surface area contributed by atoms with E-state index in [-0.39, 0.29) is 0 Å². The number of benzene rings is 1. The highest BCUT2D eigenvalue weighted by molar-refractivity contribution is 5.27. The van der Waals surface area contributed by atoms with Crippen LogP contribution in [0.4, 0.5) is 0 Å². The van der Waals surface area contributed by atoms with Gasteiger partial charge in [-0.2, -0.15) is 0 Å². The van der Waals surface area contributed by atoms with E-state index in [1.54, 1.807) is 7.11 Å². The molecule has 0 N–H and O–H groups in total. The standard InChI is InChI=1S/C12H18O2/c1-3-4-11-5-7-12(8-6-11)14-10-9-13-2/h5-8H,3-4,9-10H2,1-2H3. The van der Waals surface area contributed by atoms with Crippen LogP contribution in [0.3, 0.4) is 0 Å². The zero-order valence-electron chi connectivity index (χ0n) is 8.95. The van der Waals surface area contributed by atoms with Crippen LogP contribution in [0, 0.1) is 0 Å². The highest BCUT2D eigenvalue weighted by Crippen LogP contribution is 2.12. The Bertz CT molecular complexity index is 241. The van der Waals surface area contributed by atoms with Crippen molar-refractivity contribution in [3.05, 3.63) is 29.8 Å². The molecule has 2 nitrogen and oxygen atoms in total. The first-order valence-corrected chi connectivity index (χ1v) is 5.07. The lowest BCUT2D eigenvalue weighted by atomic mass is 10.1. The van der Waals surface area contributed by atoms with Crippen LogP contribution in [0.5, 0.6) is 5.75 Å². The number of hydrogen-bond acceptors (Lipinski definition) is 2. The summed E-state index contributed by atoms with van der Waals surface area (Å²) in [6, 6.07) is 8.26. The molecule has 0 spiro atoms. The summed E-state index contributed by atoms with van der Waals surface area (Å²) in [6.07, 6.45) is 2.32. The van der Waals surface area contributed by atoms with Crippen molar-refractivity contribution in [1.82, 2.24) is 0 Å². The molecule has 0 heterocycles. The van der Waals surface area contributed by atoms with Gasteiger partial charge in [-0.3, -0.25) is 0 Å². The van der Waals surface area contributed by atoms with E-state index in [1.807, 2.05) is 12.1 Å². The van der Waals surface area contributed by atoms with Gasteiger partial charge in [0.15, 0.2) is 0 Å². The van der Waals surface area contributed by atoms with Crippen LogP contribution in [0.2, 0.25) is 0 Å². The third-order valence-corrected chi connectivity index (χ3v) is 2.02. The quantitative estimate of drug-likeness (QED) is 0.648. The number of methoxy groups -OCH3 is 1. The minimum atomic E-state index is 0.615. The normalized spacial score (nSPS) is 10.1. The molecule has 0 unspecified atom stereocenters. The fraction of sp³-hybridized carbons (Fsp3) is 0.500. The van der Waals surface area contributed by atoms with Gasteiger partial charge in [-0.25, -0.2) is 0 Å². The second-order valence-electron chi connectivity index (χ2n) is 3.24. The average molecular weight is 194 g/mol. The summed E-state index contributed by atoms with van der Waals surface area (Å²) in [5, 5.41) is 0. The van der Waals surface area contributed by atoms with Crippen molar-refractivity contribution in [2.75, 3.05) is 20.3 Å². The Morgan fingerprint density at radius 2 is 1.79 bits per heavy atom. The number of hydrogen-bond donors (Lipinski definition) is 0. The average Bonchev–Trinajstić information content (AvgIpc) is 2.21. The lowest BCUT2D eigenvalue weighted by Crippen LogP contribution is -2.04. The highest BCUT2D eigenvalue weighted by Gasteiger charge is 1.94. The van der Waals surface area contributed by atoms with Gasteiger partial charge >= 0.3 is 0 Å². The molecule has 0 amide bonds. The Kier molecular flexibility index (Phi) is 5.08. The largest absolute Gasteiger partial charge is 0.491 e. The van der Waals surface area contributed by atoms with Crippen molar-refractivity contribution in [1.29, 1.82) is 0 Å². The Labute approximate surface area is 85.8 Å². The molecule has 78 valence electrons. The number of aryl methyl sites for hydroxylation is 1. The second-order valence-corrected chi connectivity index (χ2v) is 3.24. The fourth-order valence-electron chi connectivity index (χ4n) is 1.28. The molecule has 1 aromatic carbocycles. The van der Waals surface area contributed by atoms with Crippen molar-refractivity contribution in [2.45, 2.75) is 19.8 Å². The Morgan fingerprint density at radius 3 is 2.36 bits per heavy atom. The molecular weight excluding hydrogens is 176 g/mol. The van der Waals surface area contributed by atoms with E-state index < -0.39 is 0 Å². The number of ether oxygens (including phenoxy) is 2. The van der Waals surface area contributed by atoms with Gasteiger partial charge in [-0.1, -0.05) is 25.5 Å². The Hall–Kier alpha value is -1.02. The van der Waals surface area contributed by atoms with Gasteiger partial charge in [0.05, 0.1) is 6.61 Å². The second kappa shape index (κ2) is 6.44. The number of rotatable bonds is 6. The third kappa shape index (κ3) is 3.79. The van der Waals surface area contributed by atoms with E-state index >= 15 is 0 Å². The van der Waals surface area contributed by atoms with Gasteiger partial charge in [0.25, 0.3) is 0 Å². The van der Waals surface area contributed by atoms with Crippen molar-refractivity contribution >= 4 is 0 Å². The molecule has 0 aliphatic rings.